The van der Waals surface area contributed by atoms with Crippen LogP contribution in [0.1, 0.15) is 33.1 Å². The van der Waals surface area contributed by atoms with Crippen molar-refractivity contribution in [1.29, 1.82) is 0 Å². The number of nitrogens with zero attached hydrogens (tertiary/aromatic N) is 2. The zero-order chi connectivity index (χ0) is 15.1. The van der Waals surface area contributed by atoms with Crippen LogP contribution in [0.3, 0.4) is 0 Å². The number of nitrogens with two attached hydrogens (primary N) is 1. The van der Waals surface area contributed by atoms with E-state index in [0.29, 0.717) is 19.0 Å². The molecular weight excluding hydrogens is 254 g/mol. The summed E-state index contributed by atoms with van der Waals surface area (Å²) in [6, 6.07) is 0.257. The monoisotopic (exact) mass is 285 g/mol. The minimum absolute atomic E-state index is 0.0249. The highest BCUT2D eigenvalue weighted by atomic mass is 16.3. The first-order valence-electron chi connectivity index (χ1n) is 7.79. The van der Waals surface area contributed by atoms with Crippen molar-refractivity contribution in [2.75, 3.05) is 39.8 Å². The number of carbonyl (C=O) groups is 1. The van der Waals surface area contributed by atoms with Gasteiger partial charge in [-0.25, -0.2) is 0 Å². The number of hydrogen-bond acceptors (Lipinski definition) is 4. The molecule has 0 radical (unpaired) electrons. The van der Waals surface area contributed by atoms with E-state index in [0.717, 1.165) is 32.4 Å². The summed E-state index contributed by atoms with van der Waals surface area (Å²) in [4.78, 5) is 16.9. The summed E-state index contributed by atoms with van der Waals surface area (Å²) in [5, 5.41) is 9.27. The maximum atomic E-state index is 12.7. The third kappa shape index (κ3) is 5.04. The molecule has 1 atom stereocenters. The average molecular weight is 285 g/mol. The number of hydrogen-bond donors (Lipinski definition) is 2. The Labute approximate surface area is 123 Å². The van der Waals surface area contributed by atoms with Gasteiger partial charge in [0, 0.05) is 19.1 Å². The van der Waals surface area contributed by atoms with E-state index in [4.69, 9.17) is 5.73 Å². The Morgan fingerprint density at radius 1 is 1.40 bits per heavy atom. The lowest BCUT2D eigenvalue weighted by molar-refractivity contribution is -0.139. The molecule has 0 aromatic carbocycles. The Bertz CT molecular complexity index is 289. The molecule has 3 N–H and O–H groups in total. The summed E-state index contributed by atoms with van der Waals surface area (Å²) in [5.41, 5.74) is 5.79. The summed E-state index contributed by atoms with van der Waals surface area (Å²) < 4.78 is 0. The molecule has 0 spiro atoms. The minimum Gasteiger partial charge on any atom is -0.395 e. The molecule has 0 aliphatic carbocycles. The van der Waals surface area contributed by atoms with Crippen molar-refractivity contribution in [2.24, 2.45) is 17.6 Å². The molecule has 5 nitrogen and oxygen atoms in total. The van der Waals surface area contributed by atoms with Crippen molar-refractivity contribution in [2.45, 2.75) is 39.2 Å². The molecule has 1 fully saturated rings. The van der Waals surface area contributed by atoms with Crippen molar-refractivity contribution in [3.05, 3.63) is 0 Å². The van der Waals surface area contributed by atoms with E-state index in [-0.39, 0.29) is 24.5 Å². The van der Waals surface area contributed by atoms with Gasteiger partial charge in [0.25, 0.3) is 0 Å². The van der Waals surface area contributed by atoms with Crippen LogP contribution in [0.5, 0.6) is 0 Å². The van der Waals surface area contributed by atoms with Crippen LogP contribution in [0.25, 0.3) is 0 Å². The van der Waals surface area contributed by atoms with Gasteiger partial charge in [-0.2, -0.15) is 0 Å². The van der Waals surface area contributed by atoms with Crippen LogP contribution in [0, 0.1) is 11.8 Å². The number of aliphatic hydroxyl groups is 1. The molecule has 1 saturated heterocycles. The zero-order valence-electron chi connectivity index (χ0n) is 13.2. The molecule has 5 heteroatoms. The smallest absolute Gasteiger partial charge is 0.227 e. The lowest BCUT2D eigenvalue weighted by Gasteiger charge is -2.38. The number of aliphatic hydroxyl groups excluding tert-OH is 1. The molecule has 118 valence electrons. The predicted molar refractivity (Wildman–Crippen MR) is 81.3 cm³/mol. The molecule has 1 aliphatic rings. The fourth-order valence-electron chi connectivity index (χ4n) is 2.99. The molecular formula is C15H31N3O2. The first-order valence-corrected chi connectivity index (χ1v) is 7.79. The van der Waals surface area contributed by atoms with Crippen molar-refractivity contribution in [3.8, 4) is 0 Å². The first kappa shape index (κ1) is 17.4. The zero-order valence-corrected chi connectivity index (χ0v) is 13.2. The van der Waals surface area contributed by atoms with E-state index in [9.17, 15) is 9.90 Å². The average Bonchev–Trinajstić information content (AvgIpc) is 2.42. The highest BCUT2D eigenvalue weighted by Crippen LogP contribution is 2.20. The van der Waals surface area contributed by atoms with Crippen molar-refractivity contribution >= 4 is 5.91 Å². The Hall–Kier alpha value is -0.650. The maximum Gasteiger partial charge on any atom is 0.227 e. The second-order valence-electron chi connectivity index (χ2n) is 6.35. The van der Waals surface area contributed by atoms with Crippen molar-refractivity contribution in [1.82, 2.24) is 9.80 Å². The Morgan fingerprint density at radius 2 is 2.00 bits per heavy atom. The fourth-order valence-corrected chi connectivity index (χ4v) is 2.99. The molecule has 1 heterocycles. The lowest BCUT2D eigenvalue weighted by Crippen LogP contribution is -2.50. The van der Waals surface area contributed by atoms with Crippen LogP contribution in [0.15, 0.2) is 0 Å². The normalized spacial score (nSPS) is 19.3. The van der Waals surface area contributed by atoms with Gasteiger partial charge in [0.15, 0.2) is 0 Å². The number of rotatable bonds is 7. The van der Waals surface area contributed by atoms with Gasteiger partial charge >= 0.3 is 0 Å². The quantitative estimate of drug-likeness (QED) is 0.715. The van der Waals surface area contributed by atoms with Crippen LogP contribution in [-0.2, 0) is 4.79 Å². The summed E-state index contributed by atoms with van der Waals surface area (Å²) in [7, 11) is 2.11. The molecule has 1 unspecified atom stereocenters. The van der Waals surface area contributed by atoms with E-state index in [1.807, 2.05) is 4.90 Å². The van der Waals surface area contributed by atoms with Crippen LogP contribution >= 0.6 is 0 Å². The van der Waals surface area contributed by atoms with Gasteiger partial charge in [-0.15, -0.1) is 0 Å². The Balaban J connectivity index is 2.70. The molecule has 1 amide bonds. The van der Waals surface area contributed by atoms with Gasteiger partial charge in [0.1, 0.15) is 0 Å². The second kappa shape index (κ2) is 8.60. The topological polar surface area (TPSA) is 69.8 Å². The number of piperidine rings is 1. The molecule has 0 aromatic rings. The van der Waals surface area contributed by atoms with Gasteiger partial charge in [-0.05, 0) is 45.3 Å². The molecule has 0 aromatic heterocycles. The molecule has 20 heavy (non-hydrogen) atoms. The largest absolute Gasteiger partial charge is 0.395 e. The SMILES string of the molecule is CC(C)CC(CN)C(=O)N(CCO)C1CCN(C)CC1. The molecule has 1 aliphatic heterocycles. The molecule has 1 rings (SSSR count). The minimum atomic E-state index is -0.110. The van der Waals surface area contributed by atoms with E-state index in [1.54, 1.807) is 0 Å². The van der Waals surface area contributed by atoms with E-state index in [1.165, 1.54) is 0 Å². The van der Waals surface area contributed by atoms with Crippen molar-refractivity contribution < 1.29 is 9.90 Å². The van der Waals surface area contributed by atoms with Crippen LogP contribution in [-0.4, -0.2) is 66.7 Å². The number of carbonyl (C=O) groups excluding carboxylic acids is 1. The van der Waals surface area contributed by atoms with Crippen LogP contribution in [0.2, 0.25) is 0 Å². The summed E-state index contributed by atoms with van der Waals surface area (Å²) in [6.45, 7) is 7.10. The summed E-state index contributed by atoms with van der Waals surface area (Å²) in [5.74, 6) is 0.479. The van der Waals surface area contributed by atoms with Crippen LogP contribution in [0.4, 0.5) is 0 Å². The second-order valence-corrected chi connectivity index (χ2v) is 6.35. The third-order valence-corrected chi connectivity index (χ3v) is 4.14. The highest BCUT2D eigenvalue weighted by Gasteiger charge is 2.30. The third-order valence-electron chi connectivity index (χ3n) is 4.14. The Kier molecular flexibility index (Phi) is 7.48. The maximum absolute atomic E-state index is 12.7. The number of amides is 1. The van der Waals surface area contributed by atoms with E-state index >= 15 is 0 Å². The predicted octanol–water partition coefficient (Wildman–Crippen LogP) is 0.523. The highest BCUT2D eigenvalue weighted by molar-refractivity contribution is 5.79. The fraction of sp³-hybridized carbons (Fsp3) is 0.933. The molecule has 0 bridgehead atoms. The lowest BCUT2D eigenvalue weighted by atomic mass is 9.94. The van der Waals surface area contributed by atoms with Gasteiger partial charge in [-0.1, -0.05) is 13.8 Å². The van der Waals surface area contributed by atoms with Gasteiger partial charge in [0.2, 0.25) is 5.91 Å². The molecule has 0 saturated carbocycles. The van der Waals surface area contributed by atoms with Gasteiger partial charge < -0.3 is 20.6 Å². The Morgan fingerprint density at radius 3 is 2.45 bits per heavy atom. The summed E-state index contributed by atoms with van der Waals surface area (Å²) in [6.07, 6.45) is 2.80. The van der Waals surface area contributed by atoms with E-state index < -0.39 is 0 Å². The first-order chi connectivity index (χ1) is 9.49. The van der Waals surface area contributed by atoms with Crippen molar-refractivity contribution in [3.63, 3.8) is 0 Å². The van der Waals surface area contributed by atoms with Crippen LogP contribution < -0.4 is 5.73 Å². The van der Waals surface area contributed by atoms with Gasteiger partial charge in [0.05, 0.1) is 12.5 Å². The summed E-state index contributed by atoms with van der Waals surface area (Å²) >= 11 is 0. The standard InChI is InChI=1S/C15H31N3O2/c1-12(2)10-13(11-16)15(20)18(8-9-19)14-4-6-17(3)7-5-14/h12-14,19H,4-11,16H2,1-3H3. The van der Waals surface area contributed by atoms with E-state index in [2.05, 4.69) is 25.8 Å². The number of likely N-dealkylation sites (tertiary alicyclic amines) is 1. The van der Waals surface area contributed by atoms with Gasteiger partial charge in [-0.3, -0.25) is 4.79 Å².